The van der Waals surface area contributed by atoms with Gasteiger partial charge in [0.25, 0.3) is 0 Å². The van der Waals surface area contributed by atoms with Gasteiger partial charge in [-0.15, -0.1) is 0 Å². The summed E-state index contributed by atoms with van der Waals surface area (Å²) >= 11 is 0. The summed E-state index contributed by atoms with van der Waals surface area (Å²) in [5.74, 6) is -0.891. The fourth-order valence-corrected chi connectivity index (χ4v) is 3.51. The molecular formula is C15H23N3O5S. The Morgan fingerprint density at radius 1 is 1.17 bits per heavy atom. The second-order valence-corrected chi connectivity index (χ2v) is 7.19. The summed E-state index contributed by atoms with van der Waals surface area (Å²) in [5, 5.41) is 11.1. The summed E-state index contributed by atoms with van der Waals surface area (Å²) in [6.07, 6.45) is 1.33. The van der Waals surface area contributed by atoms with Gasteiger partial charge in [0.05, 0.1) is 4.90 Å². The van der Waals surface area contributed by atoms with Crippen molar-refractivity contribution in [2.24, 2.45) is 0 Å². The number of unbranched alkanes of at least 4 members (excludes halogenated alkanes) is 1. The van der Waals surface area contributed by atoms with E-state index >= 15 is 0 Å². The third kappa shape index (κ3) is 5.91. The largest absolute Gasteiger partial charge is 0.326 e. The molecule has 0 saturated heterocycles. The van der Waals surface area contributed by atoms with Gasteiger partial charge in [0, 0.05) is 32.1 Å². The van der Waals surface area contributed by atoms with Crippen LogP contribution in [-0.4, -0.2) is 42.8 Å². The molecule has 0 aromatic heterocycles. The molecular weight excluding hydrogens is 334 g/mol. The van der Waals surface area contributed by atoms with Gasteiger partial charge in [-0.05, 0) is 30.7 Å². The standard InChI is InChI=1S/C15H23N3O5S/c1-3-4-10-18(11-9-15(20)17-21)24(22,23)14-7-5-13(6-8-14)16-12(2)19/h5-8,21H,3-4,9-11H2,1-2H3,(H,16,19)(H,17,20). The van der Waals surface area contributed by atoms with Crippen LogP contribution in [0.1, 0.15) is 33.1 Å². The molecule has 134 valence electrons. The van der Waals surface area contributed by atoms with E-state index in [1.165, 1.54) is 41.0 Å². The Balaban J connectivity index is 2.96. The van der Waals surface area contributed by atoms with Crippen LogP contribution in [0.4, 0.5) is 5.69 Å². The lowest BCUT2D eigenvalue weighted by Gasteiger charge is -2.21. The minimum Gasteiger partial charge on any atom is -0.326 e. The predicted octanol–water partition coefficient (Wildman–Crippen LogP) is 1.33. The average Bonchev–Trinajstić information content (AvgIpc) is 2.54. The number of carbonyl (C=O) groups is 2. The summed E-state index contributed by atoms with van der Waals surface area (Å²) in [6, 6.07) is 5.83. The number of anilines is 1. The minimum atomic E-state index is -3.76. The van der Waals surface area contributed by atoms with E-state index < -0.39 is 15.9 Å². The highest BCUT2D eigenvalue weighted by atomic mass is 32.2. The first-order chi connectivity index (χ1) is 11.3. The number of carbonyl (C=O) groups excluding carboxylic acids is 2. The van der Waals surface area contributed by atoms with Crippen molar-refractivity contribution in [1.29, 1.82) is 0 Å². The normalized spacial score (nSPS) is 11.3. The number of hydroxylamine groups is 1. The molecule has 0 aliphatic carbocycles. The van der Waals surface area contributed by atoms with Crippen LogP contribution in [0.3, 0.4) is 0 Å². The number of nitrogens with zero attached hydrogens (tertiary/aromatic N) is 1. The van der Waals surface area contributed by atoms with Crippen molar-refractivity contribution in [3.63, 3.8) is 0 Å². The van der Waals surface area contributed by atoms with Crippen molar-refractivity contribution in [2.75, 3.05) is 18.4 Å². The van der Waals surface area contributed by atoms with Crippen molar-refractivity contribution in [2.45, 2.75) is 38.0 Å². The second-order valence-electron chi connectivity index (χ2n) is 5.25. The number of sulfonamides is 1. The maximum Gasteiger partial charge on any atom is 0.244 e. The van der Waals surface area contributed by atoms with Crippen LogP contribution in [0.2, 0.25) is 0 Å². The van der Waals surface area contributed by atoms with Crippen LogP contribution < -0.4 is 10.8 Å². The first-order valence-corrected chi connectivity index (χ1v) is 9.06. The van der Waals surface area contributed by atoms with Gasteiger partial charge >= 0.3 is 0 Å². The summed E-state index contributed by atoms with van der Waals surface area (Å²) in [6.45, 7) is 3.56. The van der Waals surface area contributed by atoms with Gasteiger partial charge in [-0.25, -0.2) is 13.9 Å². The monoisotopic (exact) mass is 357 g/mol. The Morgan fingerprint density at radius 2 is 1.79 bits per heavy atom. The van der Waals surface area contributed by atoms with E-state index in [-0.39, 0.29) is 30.3 Å². The third-order valence-corrected chi connectivity index (χ3v) is 5.20. The van der Waals surface area contributed by atoms with Crippen LogP contribution in [0.15, 0.2) is 29.2 Å². The fraction of sp³-hybridized carbons (Fsp3) is 0.467. The van der Waals surface area contributed by atoms with Crippen LogP contribution in [0.25, 0.3) is 0 Å². The summed E-state index contributed by atoms with van der Waals surface area (Å²) in [7, 11) is -3.76. The van der Waals surface area contributed by atoms with Crippen molar-refractivity contribution in [3.05, 3.63) is 24.3 Å². The Morgan fingerprint density at radius 3 is 2.29 bits per heavy atom. The molecule has 0 heterocycles. The van der Waals surface area contributed by atoms with Crippen LogP contribution in [-0.2, 0) is 19.6 Å². The Kier molecular flexibility index (Phi) is 7.83. The number of amides is 2. The van der Waals surface area contributed by atoms with Gasteiger partial charge in [0.15, 0.2) is 0 Å². The zero-order valence-corrected chi connectivity index (χ0v) is 14.6. The SMILES string of the molecule is CCCCN(CCC(=O)NO)S(=O)(=O)c1ccc(NC(C)=O)cc1. The molecule has 0 atom stereocenters. The van der Waals surface area contributed by atoms with E-state index in [1.807, 2.05) is 6.92 Å². The molecule has 0 saturated carbocycles. The molecule has 24 heavy (non-hydrogen) atoms. The molecule has 2 amide bonds. The molecule has 0 aliphatic heterocycles. The molecule has 3 N–H and O–H groups in total. The van der Waals surface area contributed by atoms with E-state index in [9.17, 15) is 18.0 Å². The van der Waals surface area contributed by atoms with Gasteiger partial charge in [0.1, 0.15) is 0 Å². The Hall–Kier alpha value is -1.97. The van der Waals surface area contributed by atoms with Crippen molar-refractivity contribution in [1.82, 2.24) is 9.79 Å². The smallest absolute Gasteiger partial charge is 0.244 e. The lowest BCUT2D eigenvalue weighted by Crippen LogP contribution is -2.35. The number of hydrogen-bond donors (Lipinski definition) is 3. The minimum absolute atomic E-state index is 0.0256. The Bertz CT molecular complexity index is 658. The van der Waals surface area contributed by atoms with Gasteiger partial charge in [0.2, 0.25) is 21.8 Å². The molecule has 0 fully saturated rings. The van der Waals surface area contributed by atoms with Gasteiger partial charge in [-0.2, -0.15) is 4.31 Å². The number of benzene rings is 1. The van der Waals surface area contributed by atoms with E-state index in [0.717, 1.165) is 6.42 Å². The van der Waals surface area contributed by atoms with Crippen LogP contribution >= 0.6 is 0 Å². The molecule has 8 nitrogen and oxygen atoms in total. The lowest BCUT2D eigenvalue weighted by atomic mass is 10.3. The predicted molar refractivity (Wildman–Crippen MR) is 89.0 cm³/mol. The van der Waals surface area contributed by atoms with Crippen LogP contribution in [0.5, 0.6) is 0 Å². The maximum atomic E-state index is 12.7. The molecule has 0 unspecified atom stereocenters. The Labute approximate surface area is 141 Å². The first-order valence-electron chi connectivity index (χ1n) is 7.62. The number of nitrogens with one attached hydrogen (secondary N) is 2. The molecule has 0 radical (unpaired) electrons. The first kappa shape index (κ1) is 20.1. The molecule has 1 rings (SSSR count). The van der Waals surface area contributed by atoms with Gasteiger partial charge in [-0.3, -0.25) is 14.8 Å². The van der Waals surface area contributed by atoms with Crippen molar-refractivity contribution in [3.8, 4) is 0 Å². The summed E-state index contributed by atoms with van der Waals surface area (Å²) in [4.78, 5) is 22.3. The maximum absolute atomic E-state index is 12.7. The van der Waals surface area contributed by atoms with Crippen molar-refractivity contribution < 1.29 is 23.2 Å². The van der Waals surface area contributed by atoms with Gasteiger partial charge in [-0.1, -0.05) is 13.3 Å². The number of rotatable bonds is 9. The highest BCUT2D eigenvalue weighted by Crippen LogP contribution is 2.19. The molecule has 9 heteroatoms. The molecule has 0 spiro atoms. The zero-order valence-electron chi connectivity index (χ0n) is 13.8. The zero-order chi connectivity index (χ0) is 18.2. The molecule has 1 aromatic carbocycles. The highest BCUT2D eigenvalue weighted by molar-refractivity contribution is 7.89. The third-order valence-electron chi connectivity index (χ3n) is 3.29. The van der Waals surface area contributed by atoms with E-state index in [0.29, 0.717) is 12.1 Å². The fourth-order valence-electron chi connectivity index (χ4n) is 2.03. The quantitative estimate of drug-likeness (QED) is 0.455. The molecule has 1 aromatic rings. The lowest BCUT2D eigenvalue weighted by molar-refractivity contribution is -0.129. The van der Waals surface area contributed by atoms with Crippen molar-refractivity contribution >= 4 is 27.5 Å². The highest BCUT2D eigenvalue weighted by Gasteiger charge is 2.24. The van der Waals surface area contributed by atoms with E-state index in [4.69, 9.17) is 5.21 Å². The van der Waals surface area contributed by atoms with Crippen LogP contribution in [0, 0.1) is 0 Å². The van der Waals surface area contributed by atoms with Gasteiger partial charge < -0.3 is 5.32 Å². The second kappa shape index (κ2) is 9.36. The molecule has 0 bridgehead atoms. The van der Waals surface area contributed by atoms with E-state index in [2.05, 4.69) is 5.32 Å². The number of hydrogen-bond acceptors (Lipinski definition) is 5. The summed E-state index contributed by atoms with van der Waals surface area (Å²) in [5.41, 5.74) is 1.99. The average molecular weight is 357 g/mol. The molecule has 0 aliphatic rings. The van der Waals surface area contributed by atoms with E-state index in [1.54, 1.807) is 0 Å². The topological polar surface area (TPSA) is 116 Å². The summed E-state index contributed by atoms with van der Waals surface area (Å²) < 4.78 is 26.7.